The van der Waals surface area contributed by atoms with Crippen LogP contribution in [-0.4, -0.2) is 43.3 Å². The number of hydrogen-bond acceptors (Lipinski definition) is 4. The fourth-order valence-corrected chi connectivity index (χ4v) is 2.46. The number of nitrogens with two attached hydrogens (primary N) is 1. The molecule has 6 heteroatoms. The molecule has 19 heavy (non-hydrogen) atoms. The summed E-state index contributed by atoms with van der Waals surface area (Å²) in [5, 5.41) is 12.1. The molecule has 0 spiro atoms. The van der Waals surface area contributed by atoms with Crippen molar-refractivity contribution in [3.8, 4) is 0 Å². The predicted octanol–water partition coefficient (Wildman–Crippen LogP) is 0.357. The van der Waals surface area contributed by atoms with Crippen molar-refractivity contribution in [2.75, 3.05) is 20.2 Å². The van der Waals surface area contributed by atoms with Crippen molar-refractivity contribution in [3.63, 3.8) is 0 Å². The average molecular weight is 272 g/mol. The summed E-state index contributed by atoms with van der Waals surface area (Å²) in [4.78, 5) is 23.3. The Labute approximate surface area is 113 Å². The first kappa shape index (κ1) is 15.9. The lowest BCUT2D eigenvalue weighted by Gasteiger charge is -2.36. The Morgan fingerprint density at radius 3 is 2.47 bits per heavy atom. The summed E-state index contributed by atoms with van der Waals surface area (Å²) in [6.07, 6.45) is 2.25. The van der Waals surface area contributed by atoms with Crippen LogP contribution in [0.25, 0.3) is 0 Å². The Kier molecular flexibility index (Phi) is 5.75. The van der Waals surface area contributed by atoms with Gasteiger partial charge in [0.25, 0.3) is 0 Å². The number of ether oxygens (including phenoxy) is 1. The molecule has 1 saturated carbocycles. The van der Waals surface area contributed by atoms with Crippen LogP contribution in [0.5, 0.6) is 0 Å². The van der Waals surface area contributed by atoms with Gasteiger partial charge < -0.3 is 20.9 Å². The second-order valence-electron chi connectivity index (χ2n) is 5.45. The van der Waals surface area contributed by atoms with Crippen LogP contribution < -0.4 is 11.1 Å². The third-order valence-corrected chi connectivity index (χ3v) is 4.08. The summed E-state index contributed by atoms with van der Waals surface area (Å²) in [7, 11) is 1.41. The zero-order valence-electron chi connectivity index (χ0n) is 11.6. The third kappa shape index (κ3) is 3.91. The number of carbonyl (C=O) groups is 2. The molecule has 0 aromatic carbocycles. The molecule has 1 atom stereocenters. The molecule has 4 N–H and O–H groups in total. The van der Waals surface area contributed by atoms with Crippen LogP contribution >= 0.6 is 0 Å². The number of amides is 1. The number of nitrogens with one attached hydrogen (secondary N) is 1. The van der Waals surface area contributed by atoms with Crippen molar-refractivity contribution in [2.45, 2.75) is 38.7 Å². The van der Waals surface area contributed by atoms with Gasteiger partial charge in [-0.25, -0.2) is 0 Å². The van der Waals surface area contributed by atoms with E-state index in [0.29, 0.717) is 18.8 Å². The van der Waals surface area contributed by atoms with Gasteiger partial charge in [-0.05, 0) is 31.6 Å². The zero-order chi connectivity index (χ0) is 14.5. The Bertz CT molecular complexity index is 321. The topological polar surface area (TPSA) is 102 Å². The molecule has 1 rings (SSSR count). The largest absolute Gasteiger partial charge is 0.481 e. The minimum atomic E-state index is -0.838. The first-order valence-corrected chi connectivity index (χ1v) is 6.69. The maximum atomic E-state index is 11.8. The summed E-state index contributed by atoms with van der Waals surface area (Å²) in [6.45, 7) is 2.35. The first-order chi connectivity index (χ1) is 8.95. The molecular formula is C13H24N2O4. The Hall–Kier alpha value is -1.14. The molecule has 0 heterocycles. The molecule has 0 aliphatic heterocycles. The van der Waals surface area contributed by atoms with Crippen molar-refractivity contribution in [1.29, 1.82) is 0 Å². The number of methoxy groups -OCH3 is 1. The van der Waals surface area contributed by atoms with E-state index in [1.54, 1.807) is 0 Å². The lowest BCUT2D eigenvalue weighted by molar-refractivity contribution is -0.151. The molecule has 6 nitrogen and oxygen atoms in total. The molecule has 0 aromatic heterocycles. The Balaban J connectivity index is 2.60. The molecule has 1 unspecified atom stereocenters. The van der Waals surface area contributed by atoms with Crippen LogP contribution in [0.2, 0.25) is 0 Å². The van der Waals surface area contributed by atoms with Crippen LogP contribution in [-0.2, 0) is 14.3 Å². The standard InChI is InChI=1S/C13H24N2O4/c1-9-3-5-13(6-4-9,12(17)18)8-15-11(16)10(7-14)19-2/h9-10H,3-8,14H2,1-2H3,(H,15,16)(H,17,18). The van der Waals surface area contributed by atoms with Gasteiger partial charge in [0.2, 0.25) is 5.91 Å². The highest BCUT2D eigenvalue weighted by Gasteiger charge is 2.41. The predicted molar refractivity (Wildman–Crippen MR) is 70.6 cm³/mol. The van der Waals surface area contributed by atoms with E-state index < -0.39 is 17.5 Å². The van der Waals surface area contributed by atoms with E-state index in [4.69, 9.17) is 10.5 Å². The second kappa shape index (κ2) is 6.86. The van der Waals surface area contributed by atoms with Gasteiger partial charge in [-0.2, -0.15) is 0 Å². The third-order valence-electron chi connectivity index (χ3n) is 4.08. The van der Waals surface area contributed by atoms with Gasteiger partial charge in [0.05, 0.1) is 5.41 Å². The van der Waals surface area contributed by atoms with Crippen LogP contribution in [0, 0.1) is 11.3 Å². The number of rotatable bonds is 6. The van der Waals surface area contributed by atoms with Crippen LogP contribution in [0.4, 0.5) is 0 Å². The molecule has 1 fully saturated rings. The van der Waals surface area contributed by atoms with Gasteiger partial charge in [-0.3, -0.25) is 9.59 Å². The van der Waals surface area contributed by atoms with Crippen molar-refractivity contribution in [2.24, 2.45) is 17.1 Å². The Morgan fingerprint density at radius 2 is 2.05 bits per heavy atom. The lowest BCUT2D eigenvalue weighted by Crippen LogP contribution is -2.49. The quantitative estimate of drug-likeness (QED) is 0.648. The van der Waals surface area contributed by atoms with Gasteiger partial charge in [0.15, 0.2) is 0 Å². The van der Waals surface area contributed by atoms with Crippen LogP contribution in [0.15, 0.2) is 0 Å². The van der Waals surface area contributed by atoms with Gasteiger partial charge in [-0.1, -0.05) is 6.92 Å². The number of hydrogen-bond donors (Lipinski definition) is 3. The van der Waals surface area contributed by atoms with E-state index in [2.05, 4.69) is 12.2 Å². The van der Waals surface area contributed by atoms with E-state index in [-0.39, 0.29) is 19.0 Å². The van der Waals surface area contributed by atoms with E-state index in [9.17, 15) is 14.7 Å². The summed E-state index contributed by atoms with van der Waals surface area (Å²) < 4.78 is 4.93. The highest BCUT2D eigenvalue weighted by Crippen LogP contribution is 2.38. The number of aliphatic carboxylic acids is 1. The minimum Gasteiger partial charge on any atom is -0.481 e. The summed E-state index contributed by atoms with van der Waals surface area (Å²) in [6, 6.07) is 0. The molecule has 110 valence electrons. The van der Waals surface area contributed by atoms with Crippen molar-refractivity contribution < 1.29 is 19.4 Å². The molecule has 1 amide bonds. The summed E-state index contributed by atoms with van der Waals surface area (Å²) in [5.41, 5.74) is 4.56. The molecule has 0 bridgehead atoms. The summed E-state index contributed by atoms with van der Waals surface area (Å²) in [5.74, 6) is -0.621. The first-order valence-electron chi connectivity index (χ1n) is 6.69. The monoisotopic (exact) mass is 272 g/mol. The number of carboxylic acids is 1. The van der Waals surface area contributed by atoms with Gasteiger partial charge in [-0.15, -0.1) is 0 Å². The highest BCUT2D eigenvalue weighted by atomic mass is 16.5. The zero-order valence-corrected chi connectivity index (χ0v) is 11.6. The molecule has 0 saturated heterocycles. The van der Waals surface area contributed by atoms with Crippen molar-refractivity contribution >= 4 is 11.9 Å². The van der Waals surface area contributed by atoms with E-state index in [0.717, 1.165) is 12.8 Å². The lowest BCUT2D eigenvalue weighted by atomic mass is 9.71. The number of carboxylic acid groups (broad SMARTS) is 1. The Morgan fingerprint density at radius 1 is 1.47 bits per heavy atom. The average Bonchev–Trinajstić information content (AvgIpc) is 2.39. The molecule has 1 aliphatic rings. The number of carbonyl (C=O) groups excluding carboxylic acids is 1. The fourth-order valence-electron chi connectivity index (χ4n) is 2.46. The molecular weight excluding hydrogens is 248 g/mol. The fraction of sp³-hybridized carbons (Fsp3) is 0.846. The van der Waals surface area contributed by atoms with E-state index >= 15 is 0 Å². The van der Waals surface area contributed by atoms with Crippen LogP contribution in [0.3, 0.4) is 0 Å². The molecule has 1 aliphatic carbocycles. The van der Waals surface area contributed by atoms with Gasteiger partial charge in [0, 0.05) is 20.2 Å². The molecule has 0 aromatic rings. The van der Waals surface area contributed by atoms with Crippen molar-refractivity contribution in [1.82, 2.24) is 5.32 Å². The van der Waals surface area contributed by atoms with Gasteiger partial charge in [0.1, 0.15) is 6.10 Å². The smallest absolute Gasteiger partial charge is 0.311 e. The molecule has 0 radical (unpaired) electrons. The summed E-state index contributed by atoms with van der Waals surface area (Å²) >= 11 is 0. The minimum absolute atomic E-state index is 0.0828. The maximum Gasteiger partial charge on any atom is 0.311 e. The van der Waals surface area contributed by atoms with E-state index in [1.807, 2.05) is 0 Å². The normalized spacial score (nSPS) is 28.7. The SMILES string of the molecule is COC(CN)C(=O)NCC1(C(=O)O)CCC(C)CC1. The van der Waals surface area contributed by atoms with Gasteiger partial charge >= 0.3 is 5.97 Å². The van der Waals surface area contributed by atoms with Crippen LogP contribution in [0.1, 0.15) is 32.6 Å². The van der Waals surface area contributed by atoms with Crippen molar-refractivity contribution in [3.05, 3.63) is 0 Å². The van der Waals surface area contributed by atoms with E-state index in [1.165, 1.54) is 7.11 Å². The highest BCUT2D eigenvalue weighted by molar-refractivity contribution is 5.82. The maximum absolute atomic E-state index is 11.8. The second-order valence-corrected chi connectivity index (χ2v) is 5.45.